The molecule has 0 N–H and O–H groups in total. The lowest BCUT2D eigenvalue weighted by atomic mass is 9.78. The number of benzene rings is 4. The van der Waals surface area contributed by atoms with Crippen molar-refractivity contribution in [3.8, 4) is 0 Å². The van der Waals surface area contributed by atoms with E-state index >= 15 is 0 Å². The van der Waals surface area contributed by atoms with Crippen LogP contribution in [0, 0.1) is 0 Å². The summed E-state index contributed by atoms with van der Waals surface area (Å²) < 4.78 is 0. The van der Waals surface area contributed by atoms with E-state index in [9.17, 15) is 4.79 Å². The molecule has 2 aliphatic carbocycles. The number of nitrogens with zero attached hydrogens (tertiary/aromatic N) is 2. The van der Waals surface area contributed by atoms with Gasteiger partial charge in [-0.3, -0.25) is 4.79 Å². The van der Waals surface area contributed by atoms with Gasteiger partial charge in [0.15, 0.2) is 0 Å². The van der Waals surface area contributed by atoms with Crippen molar-refractivity contribution in [2.24, 2.45) is 0 Å². The van der Waals surface area contributed by atoms with Crippen LogP contribution in [0.5, 0.6) is 0 Å². The van der Waals surface area contributed by atoms with Crippen LogP contribution in [0.1, 0.15) is 51.9 Å². The molecule has 1 amide bonds. The molecule has 3 aliphatic rings. The molecule has 7 rings (SSSR count). The summed E-state index contributed by atoms with van der Waals surface area (Å²) in [5, 5.41) is 3.47. The zero-order chi connectivity index (χ0) is 27.1. The van der Waals surface area contributed by atoms with Gasteiger partial charge in [-0.1, -0.05) is 83.9 Å². The molecule has 0 saturated carbocycles. The molecule has 200 valence electrons. The fraction of sp³-hybridized carbons (Fsp3) is 0.250. The number of fused-ring (bicyclic) bond motifs is 4. The summed E-state index contributed by atoms with van der Waals surface area (Å²) in [6.45, 7) is 2.94. The molecule has 1 saturated heterocycles. The summed E-state index contributed by atoms with van der Waals surface area (Å²) in [7, 11) is 0. The fourth-order valence-electron chi connectivity index (χ4n) is 6.80. The molecule has 1 fully saturated rings. The zero-order valence-corrected chi connectivity index (χ0v) is 23.5. The first kappa shape index (κ1) is 25.2. The Kier molecular flexibility index (Phi) is 6.69. The number of hydrogen-bond donors (Lipinski definition) is 0. The van der Waals surface area contributed by atoms with E-state index in [0.717, 1.165) is 48.6 Å². The third-order valence-corrected chi connectivity index (χ3v) is 9.13. The molecule has 4 aromatic carbocycles. The third kappa shape index (κ3) is 4.63. The second-order valence-electron chi connectivity index (χ2n) is 11.2. The number of halogens is 1. The van der Waals surface area contributed by atoms with Gasteiger partial charge in [0.25, 0.3) is 5.91 Å². The van der Waals surface area contributed by atoms with E-state index in [1.165, 1.54) is 51.4 Å². The van der Waals surface area contributed by atoms with Gasteiger partial charge < -0.3 is 9.80 Å². The number of para-hydroxylation sites is 1. The normalized spacial score (nSPS) is 16.7. The van der Waals surface area contributed by atoms with Crippen molar-refractivity contribution in [3.05, 3.63) is 129 Å². The molecule has 0 aromatic heterocycles. The monoisotopic (exact) mass is 544 g/mol. The topological polar surface area (TPSA) is 23.6 Å². The molecular weight excluding hydrogens is 512 g/mol. The fourth-order valence-corrected chi connectivity index (χ4v) is 7.05. The van der Waals surface area contributed by atoms with Gasteiger partial charge in [-0.25, -0.2) is 0 Å². The number of carbonyl (C=O) groups excluding carboxylic acids is 1. The van der Waals surface area contributed by atoms with Crippen molar-refractivity contribution in [2.45, 2.75) is 32.1 Å². The van der Waals surface area contributed by atoms with E-state index in [1.807, 2.05) is 35.2 Å². The Morgan fingerprint density at radius 2 is 1.68 bits per heavy atom. The SMILES string of the molecule is O=C(c1cccc(Cc2cccc3ccc4c(c23)CCC2=C4C=CCC2)c1)N1CCN(c2ccccc2Cl)CC1. The lowest BCUT2D eigenvalue weighted by Gasteiger charge is -2.36. The number of carbonyl (C=O) groups is 1. The quantitative estimate of drug-likeness (QED) is 0.259. The summed E-state index contributed by atoms with van der Waals surface area (Å²) in [4.78, 5) is 17.8. The van der Waals surface area contributed by atoms with Gasteiger partial charge in [0.1, 0.15) is 0 Å². The number of rotatable bonds is 4. The van der Waals surface area contributed by atoms with E-state index in [0.29, 0.717) is 13.1 Å². The Bertz CT molecular complexity index is 1680. The highest BCUT2D eigenvalue weighted by atomic mass is 35.5. The second kappa shape index (κ2) is 10.6. The Labute approximate surface area is 241 Å². The molecule has 0 radical (unpaired) electrons. The molecule has 0 unspecified atom stereocenters. The molecule has 40 heavy (non-hydrogen) atoms. The Hall–Kier alpha value is -3.82. The molecule has 3 nitrogen and oxygen atoms in total. The summed E-state index contributed by atoms with van der Waals surface area (Å²) in [5.41, 5.74) is 10.3. The van der Waals surface area contributed by atoms with E-state index in [4.69, 9.17) is 11.6 Å². The van der Waals surface area contributed by atoms with Crippen LogP contribution in [0.2, 0.25) is 5.02 Å². The van der Waals surface area contributed by atoms with E-state index < -0.39 is 0 Å². The van der Waals surface area contributed by atoms with Crippen molar-refractivity contribution in [3.63, 3.8) is 0 Å². The average molecular weight is 545 g/mol. The van der Waals surface area contributed by atoms with Crippen LogP contribution in [0.15, 0.2) is 96.6 Å². The Morgan fingerprint density at radius 3 is 2.55 bits per heavy atom. The first-order valence-electron chi connectivity index (χ1n) is 14.5. The van der Waals surface area contributed by atoms with Gasteiger partial charge in [0.2, 0.25) is 0 Å². The molecule has 0 spiro atoms. The summed E-state index contributed by atoms with van der Waals surface area (Å²) >= 11 is 6.41. The standard InChI is InChI=1S/C36H33ClN2O/c37-33-13-3-4-14-34(33)38-19-21-39(22-20-38)36(40)29-11-5-7-25(24-29)23-28-10-6-9-27-16-17-31-30-12-2-1-8-26(30)15-18-32(31)35(27)28/h2-7,9-14,16-17,24H,1,8,15,18-23H2. The number of hydrogen-bond acceptors (Lipinski definition) is 2. The van der Waals surface area contributed by atoms with Gasteiger partial charge >= 0.3 is 0 Å². The lowest BCUT2D eigenvalue weighted by molar-refractivity contribution is 0.0746. The van der Waals surface area contributed by atoms with E-state index in [-0.39, 0.29) is 5.91 Å². The largest absolute Gasteiger partial charge is 0.367 e. The maximum absolute atomic E-state index is 13.5. The maximum Gasteiger partial charge on any atom is 0.253 e. The van der Waals surface area contributed by atoms with E-state index in [1.54, 1.807) is 5.57 Å². The number of amides is 1. The number of anilines is 1. The maximum atomic E-state index is 13.5. The van der Waals surface area contributed by atoms with Crippen molar-refractivity contribution in [1.82, 2.24) is 4.90 Å². The highest BCUT2D eigenvalue weighted by Crippen LogP contribution is 2.41. The van der Waals surface area contributed by atoms with Gasteiger partial charge in [-0.2, -0.15) is 0 Å². The third-order valence-electron chi connectivity index (χ3n) is 8.81. The van der Waals surface area contributed by atoms with Crippen LogP contribution in [0.25, 0.3) is 16.3 Å². The lowest BCUT2D eigenvalue weighted by Crippen LogP contribution is -2.48. The van der Waals surface area contributed by atoms with Crippen LogP contribution >= 0.6 is 11.6 Å². The average Bonchev–Trinajstić information content (AvgIpc) is 3.01. The smallest absolute Gasteiger partial charge is 0.253 e. The van der Waals surface area contributed by atoms with Crippen LogP contribution in [-0.4, -0.2) is 37.0 Å². The van der Waals surface area contributed by atoms with Crippen molar-refractivity contribution in [1.29, 1.82) is 0 Å². The molecule has 4 aromatic rings. The Balaban J connectivity index is 1.13. The first-order valence-corrected chi connectivity index (χ1v) is 14.8. The first-order chi connectivity index (χ1) is 19.7. The minimum absolute atomic E-state index is 0.111. The number of aryl methyl sites for hydroxylation is 1. The van der Waals surface area contributed by atoms with Crippen molar-refractivity contribution < 1.29 is 4.79 Å². The van der Waals surface area contributed by atoms with Crippen LogP contribution in [0.3, 0.4) is 0 Å². The van der Waals surface area contributed by atoms with E-state index in [2.05, 4.69) is 65.6 Å². The van der Waals surface area contributed by atoms with Crippen LogP contribution in [0.4, 0.5) is 5.69 Å². The van der Waals surface area contributed by atoms with Gasteiger partial charge in [-0.15, -0.1) is 0 Å². The number of piperazine rings is 1. The molecule has 0 atom stereocenters. The van der Waals surface area contributed by atoms with Crippen molar-refractivity contribution >= 4 is 39.5 Å². The summed E-state index contributed by atoms with van der Waals surface area (Å²) in [6, 6.07) is 27.5. The summed E-state index contributed by atoms with van der Waals surface area (Å²) in [6.07, 6.45) is 10.1. The molecule has 4 heteroatoms. The van der Waals surface area contributed by atoms with Crippen LogP contribution in [-0.2, 0) is 12.8 Å². The minimum atomic E-state index is 0.111. The second-order valence-corrected chi connectivity index (χ2v) is 11.6. The molecular formula is C36H33ClN2O. The molecule has 0 bridgehead atoms. The van der Waals surface area contributed by atoms with Gasteiger partial charge in [-0.05, 0) is 95.0 Å². The van der Waals surface area contributed by atoms with Gasteiger partial charge in [0.05, 0.1) is 10.7 Å². The predicted molar refractivity (Wildman–Crippen MR) is 166 cm³/mol. The highest BCUT2D eigenvalue weighted by Gasteiger charge is 2.24. The molecule has 1 heterocycles. The Morgan fingerprint density at radius 1 is 0.825 bits per heavy atom. The number of allylic oxidation sites excluding steroid dienone is 4. The zero-order valence-electron chi connectivity index (χ0n) is 22.7. The van der Waals surface area contributed by atoms with Gasteiger partial charge in [0, 0.05) is 31.7 Å². The van der Waals surface area contributed by atoms with Crippen molar-refractivity contribution in [2.75, 3.05) is 31.1 Å². The highest BCUT2D eigenvalue weighted by molar-refractivity contribution is 6.33. The minimum Gasteiger partial charge on any atom is -0.367 e. The van der Waals surface area contributed by atoms with Crippen LogP contribution < -0.4 is 4.90 Å². The predicted octanol–water partition coefficient (Wildman–Crippen LogP) is 8.10. The summed E-state index contributed by atoms with van der Waals surface area (Å²) in [5.74, 6) is 0.111. The molecule has 1 aliphatic heterocycles.